The van der Waals surface area contributed by atoms with Crippen LogP contribution in [0.2, 0.25) is 0 Å². The minimum atomic E-state index is -1.07. The van der Waals surface area contributed by atoms with E-state index in [-0.39, 0.29) is 23.8 Å². The molecule has 0 aliphatic heterocycles. The second kappa shape index (κ2) is 8.59. The molecule has 1 atom stereocenters. The summed E-state index contributed by atoms with van der Waals surface area (Å²) >= 11 is 0. The van der Waals surface area contributed by atoms with Gasteiger partial charge in [-0.1, -0.05) is 26.0 Å². The molecule has 1 rings (SSSR count). The monoisotopic (exact) mass is 317 g/mol. The fraction of sp³-hybridized carbons (Fsp3) is 0.353. The van der Waals surface area contributed by atoms with Crippen LogP contribution in [0.5, 0.6) is 5.75 Å². The number of nitrogens with zero attached hydrogens (tertiary/aromatic N) is 1. The van der Waals surface area contributed by atoms with E-state index in [9.17, 15) is 14.7 Å². The molecule has 0 radical (unpaired) electrons. The maximum absolute atomic E-state index is 12.1. The van der Waals surface area contributed by atoms with E-state index in [0.717, 1.165) is 0 Å². The van der Waals surface area contributed by atoms with Gasteiger partial charge in [-0.05, 0) is 30.7 Å². The highest BCUT2D eigenvalue weighted by Crippen LogP contribution is 2.16. The van der Waals surface area contributed by atoms with E-state index in [4.69, 9.17) is 14.7 Å². The second-order valence-corrected chi connectivity index (χ2v) is 5.08. The van der Waals surface area contributed by atoms with Crippen molar-refractivity contribution in [2.75, 3.05) is 6.61 Å². The van der Waals surface area contributed by atoms with Gasteiger partial charge in [-0.25, -0.2) is 9.59 Å². The Labute approximate surface area is 134 Å². The fourth-order valence-corrected chi connectivity index (χ4v) is 1.73. The van der Waals surface area contributed by atoms with Gasteiger partial charge in [-0.15, -0.1) is 0 Å². The van der Waals surface area contributed by atoms with Crippen molar-refractivity contribution < 1.29 is 24.2 Å². The standard InChI is InChI=1S/C17H19NO5/c1-4-22-17(21)15(11(2)3)23-16(20)13(10-18)9-12-5-7-14(19)8-6-12/h5-9,11,15,19H,4H2,1-3H3. The third kappa shape index (κ3) is 5.47. The molecule has 0 spiro atoms. The molecule has 6 nitrogen and oxygen atoms in total. The van der Waals surface area contributed by atoms with Gasteiger partial charge in [-0.3, -0.25) is 0 Å². The number of hydrogen-bond donors (Lipinski definition) is 1. The SMILES string of the molecule is CCOC(=O)C(OC(=O)C(C#N)=Cc1ccc(O)cc1)C(C)C. The predicted octanol–water partition coefficient (Wildman–Crippen LogP) is 2.43. The predicted molar refractivity (Wildman–Crippen MR) is 83.0 cm³/mol. The Morgan fingerprint density at radius 1 is 1.30 bits per heavy atom. The van der Waals surface area contributed by atoms with E-state index in [1.807, 2.05) is 0 Å². The lowest BCUT2D eigenvalue weighted by atomic mass is 10.1. The quantitative estimate of drug-likeness (QED) is 0.492. The molecule has 122 valence electrons. The number of carbonyl (C=O) groups is 2. The topological polar surface area (TPSA) is 96.6 Å². The zero-order chi connectivity index (χ0) is 17.4. The molecule has 1 N–H and O–H groups in total. The van der Waals surface area contributed by atoms with Gasteiger partial charge in [0.25, 0.3) is 0 Å². The van der Waals surface area contributed by atoms with Gasteiger partial charge in [0.05, 0.1) is 6.61 Å². The smallest absolute Gasteiger partial charge is 0.349 e. The Hall–Kier alpha value is -2.81. The van der Waals surface area contributed by atoms with E-state index in [0.29, 0.717) is 5.56 Å². The van der Waals surface area contributed by atoms with Crippen LogP contribution in [0.1, 0.15) is 26.3 Å². The number of phenols is 1. The number of carbonyl (C=O) groups excluding carboxylic acids is 2. The zero-order valence-electron chi connectivity index (χ0n) is 13.3. The highest BCUT2D eigenvalue weighted by atomic mass is 16.6. The van der Waals surface area contributed by atoms with Crippen molar-refractivity contribution in [1.82, 2.24) is 0 Å². The van der Waals surface area contributed by atoms with E-state index < -0.39 is 18.0 Å². The minimum Gasteiger partial charge on any atom is -0.508 e. The number of phenolic OH excluding ortho intramolecular Hbond substituents is 1. The Morgan fingerprint density at radius 3 is 2.39 bits per heavy atom. The van der Waals surface area contributed by atoms with Crippen molar-refractivity contribution >= 4 is 18.0 Å². The van der Waals surface area contributed by atoms with Crippen molar-refractivity contribution in [3.63, 3.8) is 0 Å². The largest absolute Gasteiger partial charge is 0.508 e. The third-order valence-corrected chi connectivity index (χ3v) is 2.90. The lowest BCUT2D eigenvalue weighted by molar-refractivity contribution is -0.168. The molecular weight excluding hydrogens is 298 g/mol. The van der Waals surface area contributed by atoms with E-state index >= 15 is 0 Å². The van der Waals surface area contributed by atoms with Crippen molar-refractivity contribution in [2.45, 2.75) is 26.9 Å². The molecule has 6 heteroatoms. The molecule has 1 aromatic rings. The van der Waals surface area contributed by atoms with Crippen molar-refractivity contribution in [3.05, 3.63) is 35.4 Å². The van der Waals surface area contributed by atoms with Gasteiger partial charge in [0, 0.05) is 5.92 Å². The molecule has 0 saturated heterocycles. The molecule has 0 aliphatic carbocycles. The van der Waals surface area contributed by atoms with Crippen molar-refractivity contribution in [2.24, 2.45) is 5.92 Å². The van der Waals surface area contributed by atoms with E-state index in [1.54, 1.807) is 39.0 Å². The first kappa shape index (κ1) is 18.2. The van der Waals surface area contributed by atoms with E-state index in [2.05, 4.69) is 0 Å². The van der Waals surface area contributed by atoms with Gasteiger partial charge < -0.3 is 14.6 Å². The first-order chi connectivity index (χ1) is 10.9. The van der Waals surface area contributed by atoms with Gasteiger partial charge in [0.15, 0.2) is 0 Å². The summed E-state index contributed by atoms with van der Waals surface area (Å²) in [7, 11) is 0. The number of hydrogen-bond acceptors (Lipinski definition) is 6. The molecule has 0 amide bonds. The Balaban J connectivity index is 2.93. The normalized spacial score (nSPS) is 12.4. The summed E-state index contributed by atoms with van der Waals surface area (Å²) in [6.07, 6.45) is 0.253. The number of aromatic hydroxyl groups is 1. The first-order valence-corrected chi connectivity index (χ1v) is 7.17. The fourth-order valence-electron chi connectivity index (χ4n) is 1.73. The molecule has 23 heavy (non-hydrogen) atoms. The van der Waals surface area contributed by atoms with Crippen LogP contribution >= 0.6 is 0 Å². The average molecular weight is 317 g/mol. The van der Waals surface area contributed by atoms with Crippen LogP contribution in [0, 0.1) is 17.2 Å². The van der Waals surface area contributed by atoms with Crippen molar-refractivity contribution in [3.8, 4) is 11.8 Å². The van der Waals surface area contributed by atoms with Gasteiger partial charge in [-0.2, -0.15) is 5.26 Å². The summed E-state index contributed by atoms with van der Waals surface area (Å²) in [4.78, 5) is 23.9. The summed E-state index contributed by atoms with van der Waals surface area (Å²) < 4.78 is 9.99. The number of benzene rings is 1. The number of rotatable bonds is 6. The van der Waals surface area contributed by atoms with Crippen LogP contribution in [0.3, 0.4) is 0 Å². The van der Waals surface area contributed by atoms with E-state index in [1.165, 1.54) is 18.2 Å². The molecule has 0 aromatic heterocycles. The summed E-state index contributed by atoms with van der Waals surface area (Å²) in [5, 5.41) is 18.3. The highest BCUT2D eigenvalue weighted by molar-refractivity contribution is 5.99. The van der Waals surface area contributed by atoms with Crippen LogP contribution in [0.25, 0.3) is 6.08 Å². The summed E-state index contributed by atoms with van der Waals surface area (Å²) in [6, 6.07) is 7.71. The van der Waals surface area contributed by atoms with Crippen molar-refractivity contribution in [1.29, 1.82) is 5.26 Å². The van der Waals surface area contributed by atoms with Gasteiger partial charge in [0.1, 0.15) is 17.4 Å². The molecule has 0 heterocycles. The number of nitriles is 1. The first-order valence-electron chi connectivity index (χ1n) is 7.17. The summed E-state index contributed by atoms with van der Waals surface area (Å²) in [5.74, 6) is -1.75. The molecule has 1 aromatic carbocycles. The second-order valence-electron chi connectivity index (χ2n) is 5.08. The Kier molecular flexibility index (Phi) is 6.81. The lowest BCUT2D eigenvalue weighted by Gasteiger charge is -2.19. The number of ether oxygens (including phenoxy) is 2. The molecule has 0 fully saturated rings. The Morgan fingerprint density at radius 2 is 1.91 bits per heavy atom. The third-order valence-electron chi connectivity index (χ3n) is 2.90. The van der Waals surface area contributed by atoms with Crippen LogP contribution in [0.15, 0.2) is 29.8 Å². The average Bonchev–Trinajstić information content (AvgIpc) is 2.51. The highest BCUT2D eigenvalue weighted by Gasteiger charge is 2.29. The van der Waals surface area contributed by atoms with Gasteiger partial charge >= 0.3 is 11.9 Å². The number of esters is 2. The molecule has 1 unspecified atom stereocenters. The molecular formula is C17H19NO5. The van der Waals surface area contributed by atoms with Crippen LogP contribution in [-0.4, -0.2) is 29.8 Å². The Bertz CT molecular complexity index is 625. The lowest BCUT2D eigenvalue weighted by Crippen LogP contribution is -2.34. The van der Waals surface area contributed by atoms with Crippen LogP contribution in [0.4, 0.5) is 0 Å². The zero-order valence-corrected chi connectivity index (χ0v) is 13.3. The maximum atomic E-state index is 12.1. The molecule has 0 bridgehead atoms. The minimum absolute atomic E-state index is 0.0745. The maximum Gasteiger partial charge on any atom is 0.349 e. The van der Waals surface area contributed by atoms with Crippen LogP contribution in [-0.2, 0) is 19.1 Å². The summed E-state index contributed by atoms with van der Waals surface area (Å²) in [6.45, 7) is 5.26. The van der Waals surface area contributed by atoms with Crippen LogP contribution < -0.4 is 0 Å². The molecule has 0 saturated carbocycles. The molecule has 0 aliphatic rings. The summed E-state index contributed by atoms with van der Waals surface area (Å²) in [5.41, 5.74) is 0.305. The van der Waals surface area contributed by atoms with Gasteiger partial charge in [0.2, 0.25) is 6.10 Å².